The van der Waals surface area contributed by atoms with Gasteiger partial charge in [-0.1, -0.05) is 39.5 Å². The van der Waals surface area contributed by atoms with Crippen LogP contribution in [0.25, 0.3) is 0 Å². The van der Waals surface area contributed by atoms with Crippen molar-refractivity contribution in [2.45, 2.75) is 89.9 Å². The summed E-state index contributed by atoms with van der Waals surface area (Å²) < 4.78 is 0. The standard InChI is InChI=1S/C15H28N2O/c1-4-6-7-8-9-12(3)17-13(5-2)16-15(10-11-15)14(17)18/h12-13,16H,4-11H2,1-3H3. The van der Waals surface area contributed by atoms with E-state index in [4.69, 9.17) is 0 Å². The Morgan fingerprint density at radius 2 is 2.06 bits per heavy atom. The van der Waals surface area contributed by atoms with Gasteiger partial charge < -0.3 is 4.90 Å². The largest absolute Gasteiger partial charge is 0.323 e. The fourth-order valence-corrected chi connectivity index (χ4v) is 3.13. The minimum absolute atomic E-state index is 0.141. The average molecular weight is 252 g/mol. The third-order valence-electron chi connectivity index (χ3n) is 4.51. The van der Waals surface area contributed by atoms with Crippen LogP contribution >= 0.6 is 0 Å². The summed E-state index contributed by atoms with van der Waals surface area (Å²) in [6, 6.07) is 0.395. The maximum Gasteiger partial charge on any atom is 0.244 e. The van der Waals surface area contributed by atoms with Crippen LogP contribution < -0.4 is 5.32 Å². The summed E-state index contributed by atoms with van der Waals surface area (Å²) in [5, 5.41) is 3.55. The van der Waals surface area contributed by atoms with Crippen LogP contribution in [0.15, 0.2) is 0 Å². The first kappa shape index (κ1) is 13.9. The van der Waals surface area contributed by atoms with Gasteiger partial charge in [0.25, 0.3) is 0 Å². The molecule has 2 unspecified atom stereocenters. The molecule has 0 aromatic heterocycles. The van der Waals surface area contributed by atoms with E-state index in [1.54, 1.807) is 0 Å². The van der Waals surface area contributed by atoms with E-state index < -0.39 is 0 Å². The smallest absolute Gasteiger partial charge is 0.244 e. The van der Waals surface area contributed by atoms with Gasteiger partial charge in [0.1, 0.15) is 0 Å². The Morgan fingerprint density at radius 1 is 1.33 bits per heavy atom. The molecule has 1 saturated heterocycles. The molecular weight excluding hydrogens is 224 g/mol. The first-order chi connectivity index (χ1) is 8.64. The Kier molecular flexibility index (Phi) is 4.31. The van der Waals surface area contributed by atoms with Crippen molar-refractivity contribution in [3.05, 3.63) is 0 Å². The highest BCUT2D eigenvalue weighted by Gasteiger charge is 2.59. The molecule has 1 aliphatic carbocycles. The number of amides is 1. The maximum atomic E-state index is 12.5. The van der Waals surface area contributed by atoms with Crippen LogP contribution in [0.1, 0.15) is 72.1 Å². The lowest BCUT2D eigenvalue weighted by Crippen LogP contribution is -2.42. The predicted molar refractivity (Wildman–Crippen MR) is 74.2 cm³/mol. The Balaban J connectivity index is 1.87. The van der Waals surface area contributed by atoms with Gasteiger partial charge in [0.05, 0.1) is 11.7 Å². The zero-order valence-electron chi connectivity index (χ0n) is 12.2. The van der Waals surface area contributed by atoms with E-state index in [2.05, 4.69) is 31.0 Å². The fraction of sp³-hybridized carbons (Fsp3) is 0.933. The minimum atomic E-state index is -0.141. The second kappa shape index (κ2) is 5.60. The highest BCUT2D eigenvalue weighted by Crippen LogP contribution is 2.43. The van der Waals surface area contributed by atoms with E-state index in [0.29, 0.717) is 11.9 Å². The molecular formula is C15H28N2O. The molecule has 1 saturated carbocycles. The lowest BCUT2D eigenvalue weighted by molar-refractivity contribution is -0.132. The zero-order chi connectivity index (χ0) is 13.2. The van der Waals surface area contributed by atoms with Crippen molar-refractivity contribution in [3.63, 3.8) is 0 Å². The highest BCUT2D eigenvalue weighted by molar-refractivity contribution is 5.92. The summed E-state index contributed by atoms with van der Waals surface area (Å²) in [6.45, 7) is 6.63. The monoisotopic (exact) mass is 252 g/mol. The van der Waals surface area contributed by atoms with Gasteiger partial charge in [0, 0.05) is 6.04 Å². The van der Waals surface area contributed by atoms with Crippen molar-refractivity contribution in [2.24, 2.45) is 0 Å². The SMILES string of the molecule is CCCCCCC(C)N1C(=O)C2(CC2)NC1CC. The molecule has 0 aromatic rings. The minimum Gasteiger partial charge on any atom is -0.323 e. The van der Waals surface area contributed by atoms with Crippen LogP contribution in [0.4, 0.5) is 0 Å². The molecule has 18 heavy (non-hydrogen) atoms. The van der Waals surface area contributed by atoms with Crippen molar-refractivity contribution >= 4 is 5.91 Å². The van der Waals surface area contributed by atoms with Gasteiger partial charge >= 0.3 is 0 Å². The third-order valence-corrected chi connectivity index (χ3v) is 4.51. The van der Waals surface area contributed by atoms with Crippen LogP contribution in [0.5, 0.6) is 0 Å². The van der Waals surface area contributed by atoms with Crippen molar-refractivity contribution < 1.29 is 4.79 Å². The zero-order valence-corrected chi connectivity index (χ0v) is 12.2. The Hall–Kier alpha value is -0.570. The number of carbonyl (C=O) groups is 1. The first-order valence-corrected chi connectivity index (χ1v) is 7.75. The Labute approximate surface area is 111 Å². The average Bonchev–Trinajstić information content (AvgIpc) is 3.08. The second-order valence-corrected chi connectivity index (χ2v) is 6.06. The molecule has 1 N–H and O–H groups in total. The molecule has 1 spiro atoms. The molecule has 0 aromatic carbocycles. The Morgan fingerprint density at radius 3 is 2.61 bits per heavy atom. The molecule has 2 rings (SSSR count). The van der Waals surface area contributed by atoms with Gasteiger partial charge in [0.2, 0.25) is 5.91 Å². The summed E-state index contributed by atoms with van der Waals surface area (Å²) in [6.07, 6.45) is 9.69. The molecule has 2 fully saturated rings. The number of carbonyl (C=O) groups excluding carboxylic acids is 1. The lowest BCUT2D eigenvalue weighted by atomic mass is 10.1. The summed E-state index contributed by atoms with van der Waals surface area (Å²) in [4.78, 5) is 14.6. The van der Waals surface area contributed by atoms with E-state index >= 15 is 0 Å². The number of nitrogens with zero attached hydrogens (tertiary/aromatic N) is 1. The summed E-state index contributed by atoms with van der Waals surface area (Å²) in [5.41, 5.74) is -0.141. The van der Waals surface area contributed by atoms with Gasteiger partial charge in [-0.05, 0) is 32.6 Å². The normalized spacial score (nSPS) is 26.9. The molecule has 2 atom stereocenters. The van der Waals surface area contributed by atoms with Gasteiger partial charge in [-0.15, -0.1) is 0 Å². The lowest BCUT2D eigenvalue weighted by Gasteiger charge is -2.30. The highest BCUT2D eigenvalue weighted by atomic mass is 16.2. The van der Waals surface area contributed by atoms with Gasteiger partial charge in [-0.3, -0.25) is 10.1 Å². The predicted octanol–water partition coefficient (Wildman–Crippen LogP) is 3.05. The number of hydrogen-bond acceptors (Lipinski definition) is 2. The van der Waals surface area contributed by atoms with Gasteiger partial charge in [0.15, 0.2) is 0 Å². The van der Waals surface area contributed by atoms with Crippen molar-refractivity contribution in [3.8, 4) is 0 Å². The van der Waals surface area contributed by atoms with Gasteiger partial charge in [-0.25, -0.2) is 0 Å². The molecule has 1 amide bonds. The Bertz CT molecular complexity index is 299. The van der Waals surface area contributed by atoms with Crippen molar-refractivity contribution in [2.75, 3.05) is 0 Å². The van der Waals surface area contributed by atoms with E-state index in [1.165, 1.54) is 25.7 Å². The molecule has 104 valence electrons. The molecule has 1 heterocycles. The fourth-order valence-electron chi connectivity index (χ4n) is 3.13. The molecule has 1 aliphatic heterocycles. The first-order valence-electron chi connectivity index (χ1n) is 7.75. The number of rotatable bonds is 7. The van der Waals surface area contributed by atoms with Crippen molar-refractivity contribution in [1.82, 2.24) is 10.2 Å². The molecule has 0 radical (unpaired) electrons. The summed E-state index contributed by atoms with van der Waals surface area (Å²) >= 11 is 0. The molecule has 3 nitrogen and oxygen atoms in total. The third kappa shape index (κ3) is 2.56. The summed E-state index contributed by atoms with van der Waals surface area (Å²) in [7, 11) is 0. The van der Waals surface area contributed by atoms with Crippen LogP contribution in [0.2, 0.25) is 0 Å². The second-order valence-electron chi connectivity index (χ2n) is 6.06. The van der Waals surface area contributed by atoms with E-state index in [1.807, 2.05) is 0 Å². The number of nitrogens with one attached hydrogen (secondary N) is 1. The van der Waals surface area contributed by atoms with Crippen LogP contribution in [0, 0.1) is 0 Å². The number of hydrogen-bond donors (Lipinski definition) is 1. The topological polar surface area (TPSA) is 32.3 Å². The van der Waals surface area contributed by atoms with E-state index in [0.717, 1.165) is 25.7 Å². The van der Waals surface area contributed by atoms with Crippen LogP contribution in [-0.4, -0.2) is 28.6 Å². The molecule has 3 heteroatoms. The summed E-state index contributed by atoms with van der Waals surface area (Å²) in [5.74, 6) is 0.373. The maximum absolute atomic E-state index is 12.5. The molecule has 2 aliphatic rings. The molecule has 0 bridgehead atoms. The quantitative estimate of drug-likeness (QED) is 0.706. The van der Waals surface area contributed by atoms with Gasteiger partial charge in [-0.2, -0.15) is 0 Å². The van der Waals surface area contributed by atoms with Crippen LogP contribution in [0.3, 0.4) is 0 Å². The van der Waals surface area contributed by atoms with E-state index in [9.17, 15) is 4.79 Å². The van der Waals surface area contributed by atoms with E-state index in [-0.39, 0.29) is 11.7 Å². The number of unbranched alkanes of at least 4 members (excludes halogenated alkanes) is 3. The van der Waals surface area contributed by atoms with Crippen molar-refractivity contribution in [1.29, 1.82) is 0 Å². The van der Waals surface area contributed by atoms with Crippen LogP contribution in [-0.2, 0) is 4.79 Å².